The molecule has 1 aliphatic rings. The number of hydrogen-bond acceptors (Lipinski definition) is 1. The van der Waals surface area contributed by atoms with E-state index in [1.54, 1.807) is 0 Å². The zero-order valence-corrected chi connectivity index (χ0v) is 11.2. The first kappa shape index (κ1) is 14.3. The molecule has 0 aliphatic heterocycles. The van der Waals surface area contributed by atoms with Crippen molar-refractivity contribution in [3.8, 4) is 0 Å². The van der Waals surface area contributed by atoms with E-state index >= 15 is 0 Å². The Hall–Kier alpha value is -1.16. The monoisotopic (exact) mass is 287 g/mol. The number of rotatable bonds is 3. The van der Waals surface area contributed by atoms with Crippen LogP contribution in [0, 0.1) is 17.6 Å². The molecule has 1 fully saturated rings. The van der Waals surface area contributed by atoms with Gasteiger partial charge in [-0.3, -0.25) is 4.79 Å². The van der Waals surface area contributed by atoms with Crippen LogP contribution in [0.15, 0.2) is 18.2 Å². The van der Waals surface area contributed by atoms with Gasteiger partial charge in [0.25, 0.3) is 5.91 Å². The Morgan fingerprint density at radius 1 is 1.32 bits per heavy atom. The predicted molar refractivity (Wildman–Crippen MR) is 70.3 cm³/mol. The van der Waals surface area contributed by atoms with Crippen LogP contribution in [0.5, 0.6) is 0 Å². The highest BCUT2D eigenvalue weighted by atomic mass is 35.5. The molecule has 5 heteroatoms. The molecule has 1 aromatic rings. The summed E-state index contributed by atoms with van der Waals surface area (Å²) in [4.78, 5) is 12.0. The van der Waals surface area contributed by atoms with Crippen LogP contribution in [0.25, 0.3) is 0 Å². The van der Waals surface area contributed by atoms with Gasteiger partial charge in [-0.2, -0.15) is 0 Å². The van der Waals surface area contributed by atoms with E-state index in [-0.39, 0.29) is 17.5 Å². The molecule has 104 valence electrons. The van der Waals surface area contributed by atoms with E-state index in [4.69, 9.17) is 11.6 Å². The molecule has 0 saturated heterocycles. The van der Waals surface area contributed by atoms with Crippen molar-refractivity contribution < 1.29 is 13.6 Å². The number of nitrogens with one attached hydrogen (secondary N) is 1. The molecule has 0 bridgehead atoms. The van der Waals surface area contributed by atoms with Gasteiger partial charge in [-0.15, -0.1) is 11.6 Å². The Kier molecular flexibility index (Phi) is 4.75. The van der Waals surface area contributed by atoms with Gasteiger partial charge in [0.05, 0.1) is 5.56 Å². The van der Waals surface area contributed by atoms with Crippen LogP contribution in [0.2, 0.25) is 0 Å². The summed E-state index contributed by atoms with van der Waals surface area (Å²) in [7, 11) is 0. The van der Waals surface area contributed by atoms with Gasteiger partial charge in [-0.1, -0.05) is 12.8 Å². The summed E-state index contributed by atoms with van der Waals surface area (Å²) in [5.74, 6) is -1.32. The van der Waals surface area contributed by atoms with Crippen molar-refractivity contribution in [1.29, 1.82) is 0 Å². The highest BCUT2D eigenvalue weighted by molar-refractivity contribution is 6.18. The van der Waals surface area contributed by atoms with Gasteiger partial charge >= 0.3 is 0 Å². The zero-order valence-electron chi connectivity index (χ0n) is 10.5. The molecule has 1 N–H and O–H groups in total. The molecular formula is C14H16ClF2NO. The van der Waals surface area contributed by atoms with E-state index in [1.807, 2.05) is 0 Å². The highest BCUT2D eigenvalue weighted by Crippen LogP contribution is 2.25. The maximum Gasteiger partial charge on any atom is 0.254 e. The van der Waals surface area contributed by atoms with Gasteiger partial charge in [0.15, 0.2) is 0 Å². The predicted octanol–water partition coefficient (Wildman–Crippen LogP) is 3.49. The number of alkyl halides is 1. The first-order valence-electron chi connectivity index (χ1n) is 6.43. The number of hydrogen-bond donors (Lipinski definition) is 1. The van der Waals surface area contributed by atoms with Crippen molar-refractivity contribution >= 4 is 17.5 Å². The van der Waals surface area contributed by atoms with Crippen molar-refractivity contribution in [3.05, 3.63) is 35.4 Å². The van der Waals surface area contributed by atoms with Crippen LogP contribution in [0.1, 0.15) is 36.0 Å². The van der Waals surface area contributed by atoms with Crippen molar-refractivity contribution in [2.45, 2.75) is 31.7 Å². The molecule has 0 aromatic heterocycles. The molecule has 0 spiro atoms. The quantitative estimate of drug-likeness (QED) is 0.847. The third kappa shape index (κ3) is 3.44. The first-order chi connectivity index (χ1) is 9.11. The molecular weight excluding hydrogens is 272 g/mol. The summed E-state index contributed by atoms with van der Waals surface area (Å²) in [6, 6.07) is 2.94. The van der Waals surface area contributed by atoms with E-state index < -0.39 is 17.5 Å². The molecule has 1 aliphatic carbocycles. The number of amides is 1. The molecule has 19 heavy (non-hydrogen) atoms. The topological polar surface area (TPSA) is 29.1 Å². The Morgan fingerprint density at radius 3 is 2.74 bits per heavy atom. The van der Waals surface area contributed by atoms with Crippen LogP contribution in [-0.4, -0.2) is 17.8 Å². The lowest BCUT2D eigenvalue weighted by Crippen LogP contribution is -2.43. The lowest BCUT2D eigenvalue weighted by molar-refractivity contribution is 0.0907. The molecule has 2 unspecified atom stereocenters. The Balaban J connectivity index is 2.07. The van der Waals surface area contributed by atoms with Crippen molar-refractivity contribution in [2.75, 3.05) is 5.88 Å². The third-order valence-corrected chi connectivity index (χ3v) is 4.00. The minimum Gasteiger partial charge on any atom is -0.349 e. The Bertz CT molecular complexity index is 467. The molecule has 1 amide bonds. The molecule has 2 nitrogen and oxygen atoms in total. The number of benzene rings is 1. The summed E-state index contributed by atoms with van der Waals surface area (Å²) < 4.78 is 26.3. The number of carbonyl (C=O) groups excluding carboxylic acids is 1. The summed E-state index contributed by atoms with van der Waals surface area (Å²) in [5.41, 5.74) is -0.125. The summed E-state index contributed by atoms with van der Waals surface area (Å²) in [6.45, 7) is 0. The lowest BCUT2D eigenvalue weighted by Gasteiger charge is -2.30. The maximum atomic E-state index is 13.5. The maximum absolute atomic E-state index is 13.5. The van der Waals surface area contributed by atoms with Gasteiger partial charge in [0, 0.05) is 18.0 Å². The van der Waals surface area contributed by atoms with E-state index in [1.165, 1.54) is 6.07 Å². The zero-order chi connectivity index (χ0) is 13.8. The van der Waals surface area contributed by atoms with Crippen molar-refractivity contribution in [3.63, 3.8) is 0 Å². The number of carbonyl (C=O) groups is 1. The summed E-state index contributed by atoms with van der Waals surface area (Å²) in [6.07, 6.45) is 3.96. The molecule has 2 atom stereocenters. The van der Waals surface area contributed by atoms with Gasteiger partial charge in [0.1, 0.15) is 11.6 Å². The van der Waals surface area contributed by atoms with Gasteiger partial charge in [-0.05, 0) is 30.9 Å². The highest BCUT2D eigenvalue weighted by Gasteiger charge is 2.26. The van der Waals surface area contributed by atoms with Gasteiger partial charge < -0.3 is 5.32 Å². The average molecular weight is 288 g/mol. The first-order valence-corrected chi connectivity index (χ1v) is 6.97. The average Bonchev–Trinajstić information content (AvgIpc) is 2.39. The normalized spacial score (nSPS) is 23.1. The Morgan fingerprint density at radius 2 is 2.05 bits per heavy atom. The van der Waals surface area contributed by atoms with Crippen LogP contribution in [0.4, 0.5) is 8.78 Å². The van der Waals surface area contributed by atoms with Crippen LogP contribution in [-0.2, 0) is 0 Å². The molecule has 0 radical (unpaired) electrons. The minimum atomic E-state index is -0.837. The van der Waals surface area contributed by atoms with Gasteiger partial charge in [0.2, 0.25) is 0 Å². The smallest absolute Gasteiger partial charge is 0.254 e. The van der Waals surface area contributed by atoms with Crippen LogP contribution >= 0.6 is 11.6 Å². The fraction of sp³-hybridized carbons (Fsp3) is 0.500. The molecule has 2 rings (SSSR count). The molecule has 1 aromatic carbocycles. The summed E-state index contributed by atoms with van der Waals surface area (Å²) >= 11 is 5.88. The van der Waals surface area contributed by atoms with Crippen LogP contribution < -0.4 is 5.32 Å². The second-order valence-corrected chi connectivity index (χ2v) is 5.21. The van der Waals surface area contributed by atoms with Crippen molar-refractivity contribution in [1.82, 2.24) is 5.32 Å². The minimum absolute atomic E-state index is 0.0248. The second-order valence-electron chi connectivity index (χ2n) is 4.90. The fourth-order valence-electron chi connectivity index (χ4n) is 2.50. The van der Waals surface area contributed by atoms with E-state index in [2.05, 4.69) is 5.32 Å². The SMILES string of the molecule is O=C(NC1CCCCC1CCl)c1ccc(F)cc1F. The lowest BCUT2D eigenvalue weighted by atomic mass is 9.85. The van der Waals surface area contributed by atoms with Crippen molar-refractivity contribution in [2.24, 2.45) is 5.92 Å². The third-order valence-electron chi connectivity index (χ3n) is 3.60. The molecule has 0 heterocycles. The number of halogens is 3. The van der Waals surface area contributed by atoms with Gasteiger partial charge in [-0.25, -0.2) is 8.78 Å². The van der Waals surface area contributed by atoms with Crippen LogP contribution in [0.3, 0.4) is 0 Å². The summed E-state index contributed by atoms with van der Waals surface area (Å²) in [5, 5.41) is 2.81. The standard InChI is InChI=1S/C14H16ClF2NO/c15-8-9-3-1-2-4-13(9)18-14(19)11-6-5-10(16)7-12(11)17/h5-7,9,13H,1-4,8H2,(H,18,19). The van der Waals surface area contributed by atoms with E-state index in [0.29, 0.717) is 5.88 Å². The molecule has 1 saturated carbocycles. The Labute approximate surface area is 116 Å². The van der Waals surface area contributed by atoms with E-state index in [9.17, 15) is 13.6 Å². The fourth-order valence-corrected chi connectivity index (χ4v) is 2.87. The largest absolute Gasteiger partial charge is 0.349 e. The van der Waals surface area contributed by atoms with E-state index in [0.717, 1.165) is 37.8 Å². The second kappa shape index (κ2) is 6.33.